The van der Waals surface area contributed by atoms with Crippen molar-refractivity contribution in [1.82, 2.24) is 0 Å². The minimum atomic E-state index is -5.35. The first-order valence-corrected chi connectivity index (χ1v) is 5.25. The van der Waals surface area contributed by atoms with Gasteiger partial charge < -0.3 is 0 Å². The molecule has 0 amide bonds. The number of hydrogen-bond acceptors (Lipinski definition) is 1. The predicted molar refractivity (Wildman–Crippen MR) is 33.0 cm³/mol. The molecular weight excluding hydrogens is 330 g/mol. The molecule has 1 atom stereocenters. The van der Waals surface area contributed by atoms with Gasteiger partial charge in [-0.25, -0.2) is 0 Å². The summed E-state index contributed by atoms with van der Waals surface area (Å²) < 4.78 is 30.8. The topological polar surface area (TPSA) is 77.8 Å². The van der Waals surface area contributed by atoms with Gasteiger partial charge in [0.25, 0.3) is 0 Å². The SMILES string of the molecule is [AsH3].[GaH3].[O]=[Sb]([OH])([OH])[OH]. The van der Waals surface area contributed by atoms with Gasteiger partial charge >= 0.3 is 71.0 Å². The van der Waals surface area contributed by atoms with Gasteiger partial charge in [-0.2, -0.15) is 0 Å². The van der Waals surface area contributed by atoms with Gasteiger partial charge in [0.05, 0.1) is 0 Å². The molecule has 4 nitrogen and oxygen atoms in total. The van der Waals surface area contributed by atoms with Gasteiger partial charge in [0, 0.05) is 0 Å². The molecule has 0 bridgehead atoms. The van der Waals surface area contributed by atoms with Crippen LogP contribution in [0.4, 0.5) is 0 Å². The summed E-state index contributed by atoms with van der Waals surface area (Å²) in [4.78, 5) is 0. The predicted octanol–water partition coefficient (Wildman–Crippen LogP) is -4.54. The van der Waals surface area contributed by atoms with Crippen LogP contribution in [0.2, 0.25) is 0 Å². The zero-order valence-corrected chi connectivity index (χ0v) is 8.42. The summed E-state index contributed by atoms with van der Waals surface area (Å²) in [6, 6.07) is 0. The Balaban J connectivity index is -0.0000000800. The molecule has 1 unspecified atom stereocenters. The van der Waals surface area contributed by atoms with Crippen LogP contribution in [-0.2, 0) is 3.02 Å². The summed E-state index contributed by atoms with van der Waals surface area (Å²) in [5.41, 5.74) is 0. The zero-order chi connectivity index (χ0) is 4.50. The summed E-state index contributed by atoms with van der Waals surface area (Å²) in [6.07, 6.45) is 0. The van der Waals surface area contributed by atoms with E-state index in [1.807, 2.05) is 0 Å². The molecule has 0 fully saturated rings. The maximum atomic E-state index is 8.97. The second-order valence-electron chi connectivity index (χ2n) is 0.513. The van der Waals surface area contributed by atoms with E-state index >= 15 is 0 Å². The standard InChI is InChI=1S/AsH3.Ga.3H2O.O.Sb.3H/h1H3;;3*1H2;;;;;/q;;;;;;+3;;;/p-3. The van der Waals surface area contributed by atoms with E-state index in [1.165, 1.54) is 0 Å². The third-order valence-corrected chi connectivity index (χ3v) is 0. The molecule has 0 aromatic heterocycles. The van der Waals surface area contributed by atoms with E-state index in [2.05, 4.69) is 0 Å². The molecule has 0 saturated carbocycles. The van der Waals surface area contributed by atoms with E-state index in [0.29, 0.717) is 0 Å². The molecule has 0 aromatic carbocycles. The van der Waals surface area contributed by atoms with Crippen LogP contribution in [0.25, 0.3) is 0 Å². The number of rotatable bonds is 0. The van der Waals surface area contributed by atoms with Gasteiger partial charge in [-0.3, -0.25) is 0 Å². The van der Waals surface area contributed by atoms with Crippen molar-refractivity contribution >= 4 is 57.8 Å². The molecule has 0 spiro atoms. The van der Waals surface area contributed by atoms with E-state index in [0.717, 1.165) is 0 Å². The monoisotopic (exact) mass is 338 g/mol. The molecule has 0 aliphatic rings. The Labute approximate surface area is 70.4 Å². The summed E-state index contributed by atoms with van der Waals surface area (Å²) in [5, 5.41) is 0. The maximum absolute atomic E-state index is 8.97. The zero-order valence-electron chi connectivity index (χ0n) is 2.90. The Morgan fingerprint density at radius 1 is 1.14 bits per heavy atom. The van der Waals surface area contributed by atoms with Crippen molar-refractivity contribution in [1.29, 1.82) is 0 Å². The van der Waals surface area contributed by atoms with E-state index in [4.69, 9.17) is 13.2 Å². The third kappa shape index (κ3) is 87.0. The van der Waals surface area contributed by atoms with Gasteiger partial charge in [-0.05, 0) is 0 Å². The summed E-state index contributed by atoms with van der Waals surface area (Å²) in [6.45, 7) is 0. The quantitative estimate of drug-likeness (QED) is 0.389. The normalized spacial score (nSPS) is 8.43. The molecule has 0 radical (unpaired) electrons. The van der Waals surface area contributed by atoms with Gasteiger partial charge in [0.2, 0.25) is 0 Å². The van der Waals surface area contributed by atoms with Crippen LogP contribution in [0, 0.1) is 0 Å². The Hall–Kier alpha value is 1.69. The first kappa shape index (κ1) is 15.9. The van der Waals surface area contributed by atoms with E-state index in [1.54, 1.807) is 0 Å². The van der Waals surface area contributed by atoms with Crippen LogP contribution in [0.1, 0.15) is 0 Å². The molecule has 0 aliphatic carbocycles. The van der Waals surface area contributed by atoms with Gasteiger partial charge in [0.1, 0.15) is 0 Å². The van der Waals surface area contributed by atoms with Crippen LogP contribution in [0.15, 0.2) is 0 Å². The molecule has 0 rings (SSSR count). The second-order valence-corrected chi connectivity index (χ2v) is 3.44. The molecule has 0 aliphatic heterocycles. The molecule has 3 N–H and O–H groups in total. The Morgan fingerprint density at radius 2 is 1.14 bits per heavy atom. The van der Waals surface area contributed by atoms with Crippen molar-refractivity contribution in [3.05, 3.63) is 0 Å². The van der Waals surface area contributed by atoms with Crippen LogP contribution in [0.3, 0.4) is 0 Å². The van der Waals surface area contributed by atoms with Crippen molar-refractivity contribution < 1.29 is 13.2 Å². The average Bonchev–Trinajstić information content (AvgIpc) is 0.722. The van der Waals surface area contributed by atoms with Crippen molar-refractivity contribution in [3.8, 4) is 0 Å². The minimum absolute atomic E-state index is 0. The first-order chi connectivity index (χ1) is 2.00. The van der Waals surface area contributed by atoms with E-state index < -0.39 is 20.1 Å². The van der Waals surface area contributed by atoms with Gasteiger partial charge in [-0.15, -0.1) is 0 Å². The van der Waals surface area contributed by atoms with Gasteiger partial charge in [0.15, 0.2) is 0 Å². The Morgan fingerprint density at radius 3 is 1.14 bits per heavy atom. The van der Waals surface area contributed by atoms with Crippen molar-refractivity contribution in [2.24, 2.45) is 0 Å². The van der Waals surface area contributed by atoms with Crippen molar-refractivity contribution in [2.45, 2.75) is 0 Å². The average molecular weight is 339 g/mol. The van der Waals surface area contributed by atoms with Gasteiger partial charge in [-0.1, -0.05) is 0 Å². The molecule has 0 aromatic rings. The van der Waals surface area contributed by atoms with E-state index in [9.17, 15) is 0 Å². The van der Waals surface area contributed by atoms with E-state index in [-0.39, 0.29) is 37.7 Å². The third-order valence-electron chi connectivity index (χ3n) is 0. The fourth-order valence-corrected chi connectivity index (χ4v) is 0. The van der Waals surface area contributed by atoms with Crippen molar-refractivity contribution in [3.63, 3.8) is 0 Å². The molecule has 0 saturated heterocycles. The van der Waals surface area contributed by atoms with Crippen LogP contribution in [-0.4, -0.2) is 68.0 Å². The number of hydrogen-bond donors (Lipinski definition) is 3. The first-order valence-electron chi connectivity index (χ1n) is 0.783. The van der Waals surface area contributed by atoms with Crippen molar-refractivity contribution in [2.75, 3.05) is 0 Å². The summed E-state index contributed by atoms with van der Waals surface area (Å²) in [5.74, 6) is 0. The Kier molecular flexibility index (Phi) is 13.2. The molecular formula is H9AsGaO4Sb. The Bertz CT molecular complexity index is 57.8. The van der Waals surface area contributed by atoms with Crippen LogP contribution >= 0.6 is 0 Å². The second kappa shape index (κ2) is 5.82. The molecule has 7 heavy (non-hydrogen) atoms. The fraction of sp³-hybridized carbons (Fsp3) is 0. The fourth-order valence-electron chi connectivity index (χ4n) is 0. The van der Waals surface area contributed by atoms with Crippen LogP contribution < -0.4 is 0 Å². The summed E-state index contributed by atoms with van der Waals surface area (Å²) >= 11 is -5.35. The van der Waals surface area contributed by atoms with Crippen LogP contribution in [0.5, 0.6) is 0 Å². The molecule has 7 heteroatoms. The summed E-state index contributed by atoms with van der Waals surface area (Å²) in [7, 11) is 0. The molecule has 0 heterocycles. The molecule has 46 valence electrons.